The normalized spacial score (nSPS) is 24.8. The van der Waals surface area contributed by atoms with Crippen LogP contribution in [-0.2, 0) is 6.42 Å². The van der Waals surface area contributed by atoms with E-state index in [-0.39, 0.29) is 0 Å². The van der Waals surface area contributed by atoms with Gasteiger partial charge in [-0.3, -0.25) is 4.90 Å². The lowest BCUT2D eigenvalue weighted by molar-refractivity contribution is 0.131. The molecule has 0 bridgehead atoms. The second kappa shape index (κ2) is 5.96. The molecule has 19 heavy (non-hydrogen) atoms. The van der Waals surface area contributed by atoms with Crippen molar-refractivity contribution in [1.29, 1.82) is 0 Å². The van der Waals surface area contributed by atoms with E-state index >= 15 is 0 Å². The van der Waals surface area contributed by atoms with Crippen molar-refractivity contribution in [2.45, 2.75) is 45.1 Å². The number of hydrogen-bond donors (Lipinski definition) is 1. The molecule has 2 nitrogen and oxygen atoms in total. The van der Waals surface area contributed by atoms with Crippen molar-refractivity contribution in [3.05, 3.63) is 29.8 Å². The number of piperidine rings is 1. The molecule has 3 rings (SSSR count). The van der Waals surface area contributed by atoms with E-state index in [0.717, 1.165) is 12.5 Å². The van der Waals surface area contributed by atoms with Gasteiger partial charge in [-0.2, -0.15) is 0 Å². The summed E-state index contributed by atoms with van der Waals surface area (Å²) in [4.78, 5) is 2.72. The third-order valence-corrected chi connectivity index (χ3v) is 4.86. The first kappa shape index (κ1) is 13.0. The van der Waals surface area contributed by atoms with Crippen LogP contribution in [0.5, 0.6) is 0 Å². The molecule has 1 N–H and O–H groups in total. The molecular weight excluding hydrogens is 232 g/mol. The summed E-state index contributed by atoms with van der Waals surface area (Å²) < 4.78 is 0. The fourth-order valence-electron chi connectivity index (χ4n) is 3.70. The van der Waals surface area contributed by atoms with E-state index in [1.807, 2.05) is 0 Å². The molecule has 1 aromatic rings. The highest BCUT2D eigenvalue weighted by Crippen LogP contribution is 2.27. The lowest BCUT2D eigenvalue weighted by Crippen LogP contribution is -2.47. The number of anilines is 1. The van der Waals surface area contributed by atoms with E-state index < -0.39 is 0 Å². The standard InChI is InChI=1S/C17H26N2/c1-2-5-14-8-10-19(11-9-14)16-12-15-6-3-4-7-17(15)18-13-16/h3-4,6-7,14,16,18H,2,5,8-13H2,1H3. The fourth-order valence-corrected chi connectivity index (χ4v) is 3.70. The molecule has 2 aliphatic rings. The molecule has 0 radical (unpaired) electrons. The molecule has 0 amide bonds. The minimum absolute atomic E-state index is 0.706. The molecule has 2 heterocycles. The summed E-state index contributed by atoms with van der Waals surface area (Å²) in [5.74, 6) is 0.991. The van der Waals surface area contributed by atoms with Gasteiger partial charge in [-0.1, -0.05) is 38.0 Å². The monoisotopic (exact) mass is 258 g/mol. The highest BCUT2D eigenvalue weighted by atomic mass is 15.2. The maximum Gasteiger partial charge on any atom is 0.0373 e. The van der Waals surface area contributed by atoms with Gasteiger partial charge in [0.2, 0.25) is 0 Å². The Labute approximate surface area is 117 Å². The first-order chi connectivity index (χ1) is 9.36. The second-order valence-electron chi connectivity index (χ2n) is 6.16. The molecule has 1 unspecified atom stereocenters. The number of rotatable bonds is 3. The van der Waals surface area contributed by atoms with Crippen molar-refractivity contribution in [1.82, 2.24) is 4.90 Å². The predicted molar refractivity (Wildman–Crippen MR) is 81.6 cm³/mol. The molecule has 0 saturated carbocycles. The highest BCUT2D eigenvalue weighted by molar-refractivity contribution is 5.53. The Kier molecular flexibility index (Phi) is 4.07. The van der Waals surface area contributed by atoms with Crippen LogP contribution in [-0.4, -0.2) is 30.6 Å². The Bertz CT molecular complexity index is 407. The average molecular weight is 258 g/mol. The molecule has 2 heteroatoms. The van der Waals surface area contributed by atoms with Crippen molar-refractivity contribution in [2.75, 3.05) is 25.0 Å². The van der Waals surface area contributed by atoms with E-state index in [1.165, 1.54) is 56.4 Å². The quantitative estimate of drug-likeness (QED) is 0.892. The lowest BCUT2D eigenvalue weighted by atomic mass is 9.90. The van der Waals surface area contributed by atoms with Gasteiger partial charge in [0.25, 0.3) is 0 Å². The summed E-state index contributed by atoms with van der Waals surface area (Å²) in [7, 11) is 0. The maximum absolute atomic E-state index is 3.60. The van der Waals surface area contributed by atoms with Gasteiger partial charge in [0.1, 0.15) is 0 Å². The minimum atomic E-state index is 0.706. The van der Waals surface area contributed by atoms with Gasteiger partial charge in [0, 0.05) is 18.3 Å². The van der Waals surface area contributed by atoms with Crippen molar-refractivity contribution < 1.29 is 0 Å². The molecule has 2 aliphatic heterocycles. The van der Waals surface area contributed by atoms with Gasteiger partial charge in [0.05, 0.1) is 0 Å². The summed E-state index contributed by atoms with van der Waals surface area (Å²) in [5, 5.41) is 3.60. The van der Waals surface area contributed by atoms with Gasteiger partial charge in [-0.25, -0.2) is 0 Å². The Morgan fingerprint density at radius 1 is 1.21 bits per heavy atom. The third-order valence-electron chi connectivity index (χ3n) is 4.86. The maximum atomic E-state index is 3.60. The molecule has 1 atom stereocenters. The first-order valence-corrected chi connectivity index (χ1v) is 7.92. The van der Waals surface area contributed by atoms with Gasteiger partial charge in [0.15, 0.2) is 0 Å². The SMILES string of the molecule is CCCC1CCN(C2CNc3ccccc3C2)CC1. The van der Waals surface area contributed by atoms with Crippen LogP contribution in [0.1, 0.15) is 38.2 Å². The van der Waals surface area contributed by atoms with E-state index in [0.29, 0.717) is 6.04 Å². The number of para-hydroxylation sites is 1. The molecule has 1 aromatic carbocycles. The van der Waals surface area contributed by atoms with E-state index in [9.17, 15) is 0 Å². The molecular formula is C17H26N2. The van der Waals surface area contributed by atoms with Gasteiger partial charge < -0.3 is 5.32 Å². The minimum Gasteiger partial charge on any atom is -0.383 e. The zero-order valence-electron chi connectivity index (χ0n) is 12.1. The molecule has 104 valence electrons. The molecule has 0 spiro atoms. The second-order valence-corrected chi connectivity index (χ2v) is 6.16. The van der Waals surface area contributed by atoms with Gasteiger partial charge in [-0.05, 0) is 49.9 Å². The van der Waals surface area contributed by atoms with Crippen molar-refractivity contribution in [2.24, 2.45) is 5.92 Å². The summed E-state index contributed by atoms with van der Waals surface area (Å²) >= 11 is 0. The zero-order chi connectivity index (χ0) is 13.1. The van der Waals surface area contributed by atoms with Gasteiger partial charge >= 0.3 is 0 Å². The average Bonchev–Trinajstić information content (AvgIpc) is 2.48. The summed E-state index contributed by atoms with van der Waals surface area (Å²) in [6.07, 6.45) is 6.82. The fraction of sp³-hybridized carbons (Fsp3) is 0.647. The summed E-state index contributed by atoms with van der Waals surface area (Å²) in [6.45, 7) is 6.04. The Hall–Kier alpha value is -1.02. The number of likely N-dealkylation sites (tertiary alicyclic amines) is 1. The largest absolute Gasteiger partial charge is 0.383 e. The first-order valence-electron chi connectivity index (χ1n) is 7.92. The van der Waals surface area contributed by atoms with Crippen molar-refractivity contribution >= 4 is 5.69 Å². The number of fused-ring (bicyclic) bond motifs is 1. The molecule has 1 fully saturated rings. The summed E-state index contributed by atoms with van der Waals surface area (Å²) in [5.41, 5.74) is 2.84. The number of benzene rings is 1. The molecule has 0 aliphatic carbocycles. The summed E-state index contributed by atoms with van der Waals surface area (Å²) in [6, 6.07) is 9.48. The van der Waals surface area contributed by atoms with E-state index in [1.54, 1.807) is 0 Å². The number of hydrogen-bond acceptors (Lipinski definition) is 2. The Morgan fingerprint density at radius 3 is 2.79 bits per heavy atom. The van der Waals surface area contributed by atoms with E-state index in [2.05, 4.69) is 41.4 Å². The number of nitrogens with zero attached hydrogens (tertiary/aromatic N) is 1. The number of nitrogens with one attached hydrogen (secondary N) is 1. The smallest absolute Gasteiger partial charge is 0.0373 e. The highest BCUT2D eigenvalue weighted by Gasteiger charge is 2.27. The van der Waals surface area contributed by atoms with Crippen LogP contribution in [0, 0.1) is 5.92 Å². The molecule has 1 saturated heterocycles. The van der Waals surface area contributed by atoms with Crippen molar-refractivity contribution in [3.8, 4) is 0 Å². The van der Waals surface area contributed by atoms with Crippen LogP contribution in [0.2, 0.25) is 0 Å². The Balaban J connectivity index is 1.57. The third kappa shape index (κ3) is 2.94. The van der Waals surface area contributed by atoms with Crippen LogP contribution >= 0.6 is 0 Å². The van der Waals surface area contributed by atoms with Crippen LogP contribution in [0.3, 0.4) is 0 Å². The zero-order valence-corrected chi connectivity index (χ0v) is 12.1. The van der Waals surface area contributed by atoms with Crippen LogP contribution < -0.4 is 5.32 Å². The lowest BCUT2D eigenvalue weighted by Gasteiger charge is -2.40. The van der Waals surface area contributed by atoms with E-state index in [4.69, 9.17) is 0 Å². The Morgan fingerprint density at radius 2 is 2.00 bits per heavy atom. The van der Waals surface area contributed by atoms with Gasteiger partial charge in [-0.15, -0.1) is 0 Å². The van der Waals surface area contributed by atoms with Crippen LogP contribution in [0.25, 0.3) is 0 Å². The topological polar surface area (TPSA) is 15.3 Å². The van der Waals surface area contributed by atoms with Crippen LogP contribution in [0.15, 0.2) is 24.3 Å². The van der Waals surface area contributed by atoms with Crippen LogP contribution in [0.4, 0.5) is 5.69 Å². The van der Waals surface area contributed by atoms with Crippen molar-refractivity contribution in [3.63, 3.8) is 0 Å². The molecule has 0 aromatic heterocycles. The predicted octanol–water partition coefficient (Wildman–Crippen LogP) is 3.54.